The molecule has 2 aromatic carbocycles. The maximum absolute atomic E-state index is 13.1. The van der Waals surface area contributed by atoms with Crippen LogP contribution in [-0.4, -0.2) is 44.6 Å². The fourth-order valence-corrected chi connectivity index (χ4v) is 3.78. The number of methoxy groups -OCH3 is 1. The average Bonchev–Trinajstić information content (AvgIpc) is 3.34. The Kier molecular flexibility index (Phi) is 6.50. The zero-order chi connectivity index (χ0) is 26.0. The number of aromatic amines is 1. The first-order valence-electron chi connectivity index (χ1n) is 10.8. The van der Waals surface area contributed by atoms with Crippen LogP contribution in [-0.2, 0) is 22.5 Å². The highest BCUT2D eigenvalue weighted by molar-refractivity contribution is 6.14. The standard InChI is InChI=1S/C24H21N5O7/c1-3-19-18(21(30)28(26-19)16-7-9-17(10-8-16)29(34)35)12-20-22(31)27(24(33)25-20)13-14-5-4-6-15(11-14)23(32)36-2/h4-12,26H,3,13H2,1-2H3,(H,25,33)/b20-12-. The molecule has 1 saturated heterocycles. The Morgan fingerprint density at radius 2 is 1.86 bits per heavy atom. The highest BCUT2D eigenvalue weighted by atomic mass is 16.6. The number of aryl methyl sites for hydroxylation is 1. The molecular weight excluding hydrogens is 470 g/mol. The fourth-order valence-electron chi connectivity index (χ4n) is 3.78. The van der Waals surface area contributed by atoms with E-state index in [0.717, 1.165) is 4.90 Å². The van der Waals surface area contributed by atoms with Crippen molar-refractivity contribution in [3.05, 3.63) is 97.1 Å². The number of nitro groups is 1. The van der Waals surface area contributed by atoms with Crippen molar-refractivity contribution in [1.29, 1.82) is 0 Å². The molecule has 4 rings (SSSR count). The number of non-ortho nitro benzene ring substituents is 1. The monoisotopic (exact) mass is 491 g/mol. The fraction of sp³-hybridized carbons (Fsp3) is 0.167. The second-order valence-corrected chi connectivity index (χ2v) is 7.84. The van der Waals surface area contributed by atoms with E-state index < -0.39 is 28.4 Å². The molecule has 0 unspecified atom stereocenters. The predicted octanol–water partition coefficient (Wildman–Crippen LogP) is 2.52. The second-order valence-electron chi connectivity index (χ2n) is 7.84. The first-order valence-corrected chi connectivity index (χ1v) is 10.8. The number of carbonyl (C=O) groups is 3. The number of H-pyrrole nitrogens is 1. The summed E-state index contributed by atoms with van der Waals surface area (Å²) in [6.45, 7) is 1.72. The number of hydrogen-bond acceptors (Lipinski definition) is 7. The maximum atomic E-state index is 13.1. The number of hydrogen-bond donors (Lipinski definition) is 2. The second kappa shape index (κ2) is 9.70. The van der Waals surface area contributed by atoms with Gasteiger partial charge in [-0.3, -0.25) is 29.7 Å². The van der Waals surface area contributed by atoms with Crippen LogP contribution < -0.4 is 10.9 Å². The molecule has 184 valence electrons. The van der Waals surface area contributed by atoms with Gasteiger partial charge in [-0.15, -0.1) is 0 Å². The highest BCUT2D eigenvalue weighted by Crippen LogP contribution is 2.20. The predicted molar refractivity (Wildman–Crippen MR) is 127 cm³/mol. The lowest BCUT2D eigenvalue weighted by Gasteiger charge is -2.12. The quantitative estimate of drug-likeness (QED) is 0.169. The number of rotatable bonds is 7. The van der Waals surface area contributed by atoms with Gasteiger partial charge in [0.25, 0.3) is 17.2 Å². The smallest absolute Gasteiger partial charge is 0.337 e. The zero-order valence-electron chi connectivity index (χ0n) is 19.3. The van der Waals surface area contributed by atoms with Gasteiger partial charge in [0.1, 0.15) is 5.70 Å². The third-order valence-corrected chi connectivity index (χ3v) is 5.62. The minimum Gasteiger partial charge on any atom is -0.465 e. The summed E-state index contributed by atoms with van der Waals surface area (Å²) in [7, 11) is 1.25. The van der Waals surface area contributed by atoms with Crippen LogP contribution in [0.15, 0.2) is 59.0 Å². The zero-order valence-corrected chi connectivity index (χ0v) is 19.3. The normalized spacial score (nSPS) is 14.3. The number of imide groups is 1. The summed E-state index contributed by atoms with van der Waals surface area (Å²) in [5.41, 5.74) is 1.20. The molecule has 0 saturated carbocycles. The van der Waals surface area contributed by atoms with Gasteiger partial charge in [-0.05, 0) is 42.3 Å². The Morgan fingerprint density at radius 3 is 2.50 bits per heavy atom. The topological polar surface area (TPSA) is 157 Å². The van der Waals surface area contributed by atoms with Gasteiger partial charge >= 0.3 is 12.0 Å². The van der Waals surface area contributed by atoms with E-state index in [2.05, 4.69) is 10.4 Å². The van der Waals surface area contributed by atoms with Crippen molar-refractivity contribution in [3.8, 4) is 5.69 Å². The SMILES string of the molecule is CCc1[nH]n(-c2ccc([N+](=O)[O-])cc2)c(=O)c1/C=C1\NC(=O)N(Cc2cccc(C(=O)OC)c2)C1=O. The molecular formula is C24H21N5O7. The molecule has 0 spiro atoms. The highest BCUT2D eigenvalue weighted by Gasteiger charge is 2.34. The van der Waals surface area contributed by atoms with Gasteiger partial charge in [0.2, 0.25) is 0 Å². The van der Waals surface area contributed by atoms with Gasteiger partial charge in [-0.1, -0.05) is 19.1 Å². The van der Waals surface area contributed by atoms with E-state index >= 15 is 0 Å². The van der Waals surface area contributed by atoms with Gasteiger partial charge in [-0.2, -0.15) is 0 Å². The molecule has 12 heteroatoms. The molecule has 12 nitrogen and oxygen atoms in total. The number of nitrogens with zero attached hydrogens (tertiary/aromatic N) is 3. The Hall–Kier alpha value is -5.00. The maximum Gasteiger partial charge on any atom is 0.337 e. The molecule has 1 aliphatic heterocycles. The molecule has 1 aromatic heterocycles. The lowest BCUT2D eigenvalue weighted by Crippen LogP contribution is -2.30. The summed E-state index contributed by atoms with van der Waals surface area (Å²) < 4.78 is 5.91. The van der Waals surface area contributed by atoms with Crippen LogP contribution in [0.25, 0.3) is 11.8 Å². The Labute approximate surface area is 203 Å². The van der Waals surface area contributed by atoms with Crippen molar-refractivity contribution in [3.63, 3.8) is 0 Å². The van der Waals surface area contributed by atoms with Crippen molar-refractivity contribution in [2.45, 2.75) is 19.9 Å². The number of esters is 1. The lowest BCUT2D eigenvalue weighted by molar-refractivity contribution is -0.384. The van der Waals surface area contributed by atoms with Gasteiger partial charge in [-0.25, -0.2) is 14.3 Å². The molecule has 0 aliphatic carbocycles. The van der Waals surface area contributed by atoms with E-state index in [1.807, 2.05) is 6.92 Å². The number of aromatic nitrogens is 2. The summed E-state index contributed by atoms with van der Waals surface area (Å²) in [5.74, 6) is -1.17. The van der Waals surface area contributed by atoms with Crippen LogP contribution in [0.2, 0.25) is 0 Å². The number of nitrogens with one attached hydrogen (secondary N) is 2. The molecule has 3 aromatic rings. The van der Waals surface area contributed by atoms with Gasteiger partial charge in [0.15, 0.2) is 0 Å². The van der Waals surface area contributed by atoms with E-state index in [1.54, 1.807) is 18.2 Å². The summed E-state index contributed by atoms with van der Waals surface area (Å²) in [6, 6.07) is 11.1. The molecule has 3 amide bonds. The van der Waals surface area contributed by atoms with Gasteiger partial charge in [0, 0.05) is 17.8 Å². The molecule has 2 heterocycles. The van der Waals surface area contributed by atoms with Crippen LogP contribution in [0.5, 0.6) is 0 Å². The van der Waals surface area contributed by atoms with Crippen molar-refractivity contribution in [1.82, 2.24) is 20.0 Å². The van der Waals surface area contributed by atoms with Crippen LogP contribution in [0.4, 0.5) is 10.5 Å². The average molecular weight is 491 g/mol. The Balaban J connectivity index is 1.63. The number of benzene rings is 2. The summed E-state index contributed by atoms with van der Waals surface area (Å²) in [6.07, 6.45) is 1.73. The Bertz CT molecular complexity index is 1470. The molecule has 0 radical (unpaired) electrons. The van der Waals surface area contributed by atoms with Crippen molar-refractivity contribution >= 4 is 29.7 Å². The lowest BCUT2D eigenvalue weighted by atomic mass is 10.1. The minimum absolute atomic E-state index is 0.0780. The third kappa shape index (κ3) is 4.51. The molecule has 0 bridgehead atoms. The van der Waals surface area contributed by atoms with Crippen molar-refractivity contribution < 1.29 is 24.0 Å². The van der Waals surface area contributed by atoms with E-state index in [0.29, 0.717) is 23.4 Å². The summed E-state index contributed by atoms with van der Waals surface area (Å²) >= 11 is 0. The molecule has 1 aliphatic rings. The largest absolute Gasteiger partial charge is 0.465 e. The van der Waals surface area contributed by atoms with Crippen LogP contribution >= 0.6 is 0 Å². The van der Waals surface area contributed by atoms with Crippen LogP contribution in [0, 0.1) is 10.1 Å². The number of carbonyl (C=O) groups excluding carboxylic acids is 3. The molecule has 36 heavy (non-hydrogen) atoms. The summed E-state index contributed by atoms with van der Waals surface area (Å²) in [5, 5.41) is 16.3. The third-order valence-electron chi connectivity index (χ3n) is 5.62. The first-order chi connectivity index (χ1) is 17.2. The molecule has 2 N–H and O–H groups in total. The molecule has 0 atom stereocenters. The first kappa shape index (κ1) is 24.1. The van der Waals surface area contributed by atoms with Crippen molar-refractivity contribution in [2.24, 2.45) is 0 Å². The number of ether oxygens (including phenoxy) is 1. The van der Waals surface area contributed by atoms with E-state index in [9.17, 15) is 29.3 Å². The van der Waals surface area contributed by atoms with E-state index in [-0.39, 0.29) is 29.1 Å². The summed E-state index contributed by atoms with van der Waals surface area (Å²) in [4.78, 5) is 61.7. The van der Waals surface area contributed by atoms with Crippen LogP contribution in [0.3, 0.4) is 0 Å². The minimum atomic E-state index is -0.668. The van der Waals surface area contributed by atoms with Gasteiger partial charge in [0.05, 0.1) is 35.4 Å². The van der Waals surface area contributed by atoms with E-state index in [1.165, 1.54) is 48.2 Å². The number of amides is 3. The number of urea groups is 1. The van der Waals surface area contributed by atoms with E-state index in [4.69, 9.17) is 4.74 Å². The van der Waals surface area contributed by atoms with Crippen molar-refractivity contribution in [2.75, 3.05) is 7.11 Å². The van der Waals surface area contributed by atoms with Crippen LogP contribution in [0.1, 0.15) is 34.1 Å². The van der Waals surface area contributed by atoms with Gasteiger partial charge < -0.3 is 10.1 Å². The molecule has 1 fully saturated rings. The number of nitro benzene ring substituents is 1. The Morgan fingerprint density at radius 1 is 1.14 bits per heavy atom.